The van der Waals surface area contributed by atoms with E-state index >= 15 is 0 Å². The minimum atomic E-state index is -1.14. The Morgan fingerprint density at radius 3 is 2.41 bits per heavy atom. The second-order valence-electron chi connectivity index (χ2n) is 5.02. The fourth-order valence-electron chi connectivity index (χ4n) is 2.44. The molecule has 0 fully saturated rings. The topological polar surface area (TPSA) is 52.6 Å². The second-order valence-corrected chi connectivity index (χ2v) is 6.54. The molecular formula is C17H17BrO4. The van der Waals surface area contributed by atoms with E-state index in [1.165, 1.54) is 14.2 Å². The number of benzene rings is 2. The fourth-order valence-corrected chi connectivity index (χ4v) is 3.13. The van der Waals surface area contributed by atoms with Crippen molar-refractivity contribution in [1.29, 1.82) is 0 Å². The van der Waals surface area contributed by atoms with E-state index in [2.05, 4.69) is 20.7 Å². The third-order valence-electron chi connectivity index (χ3n) is 3.55. The molecule has 0 heterocycles. The number of hydrogen-bond donors (Lipinski definition) is 0. The summed E-state index contributed by atoms with van der Waals surface area (Å²) in [4.78, 5) is 23.8. The molecule has 0 aliphatic rings. The van der Waals surface area contributed by atoms with Gasteiger partial charge in [-0.15, -0.1) is 0 Å². The van der Waals surface area contributed by atoms with E-state index in [0.29, 0.717) is 6.42 Å². The van der Waals surface area contributed by atoms with Gasteiger partial charge < -0.3 is 9.47 Å². The van der Waals surface area contributed by atoms with Gasteiger partial charge in [0.15, 0.2) is 0 Å². The van der Waals surface area contributed by atoms with Crippen LogP contribution in [-0.4, -0.2) is 30.5 Å². The Balaban J connectivity index is 2.41. The van der Waals surface area contributed by atoms with Crippen LogP contribution in [0.1, 0.15) is 12.0 Å². The first-order valence-corrected chi connectivity index (χ1v) is 7.60. The van der Waals surface area contributed by atoms with Crippen LogP contribution in [0.4, 0.5) is 0 Å². The predicted octanol–water partition coefficient (Wildman–Crippen LogP) is 3.25. The normalized spacial score (nSPS) is 13.4. The molecule has 0 saturated heterocycles. The van der Waals surface area contributed by atoms with E-state index in [1.807, 2.05) is 42.5 Å². The quantitative estimate of drug-likeness (QED) is 0.603. The van der Waals surface area contributed by atoms with Crippen molar-refractivity contribution in [2.24, 2.45) is 0 Å². The highest BCUT2D eigenvalue weighted by Gasteiger charge is 2.40. The first-order valence-electron chi connectivity index (χ1n) is 6.81. The van der Waals surface area contributed by atoms with Crippen molar-refractivity contribution < 1.29 is 19.1 Å². The number of methoxy groups -OCH3 is 2. The van der Waals surface area contributed by atoms with Crippen molar-refractivity contribution in [3.63, 3.8) is 0 Å². The summed E-state index contributed by atoms with van der Waals surface area (Å²) in [5.41, 5.74) is 0.962. The lowest BCUT2D eigenvalue weighted by atomic mass is 9.92. The minimum Gasteiger partial charge on any atom is -0.469 e. The van der Waals surface area contributed by atoms with Crippen LogP contribution in [0.25, 0.3) is 10.8 Å². The van der Waals surface area contributed by atoms with Crippen LogP contribution in [0.15, 0.2) is 42.5 Å². The van der Waals surface area contributed by atoms with Gasteiger partial charge in [0.05, 0.1) is 20.6 Å². The smallest absolute Gasteiger partial charge is 0.323 e. The molecule has 0 saturated carbocycles. The number of halogens is 1. The fraction of sp³-hybridized carbons (Fsp3) is 0.294. The van der Waals surface area contributed by atoms with Crippen molar-refractivity contribution in [3.8, 4) is 0 Å². The summed E-state index contributed by atoms with van der Waals surface area (Å²) in [6.07, 6.45) is 0.232. The molecule has 0 aromatic heterocycles. The number of fused-ring (bicyclic) bond motifs is 1. The molecule has 1 atom stereocenters. The minimum absolute atomic E-state index is 0.0978. The van der Waals surface area contributed by atoms with Crippen LogP contribution in [-0.2, 0) is 25.5 Å². The number of carbonyl (C=O) groups is 2. The zero-order valence-corrected chi connectivity index (χ0v) is 14.1. The Labute approximate surface area is 137 Å². The SMILES string of the molecule is COC(=O)CC(Br)(Cc1cccc2ccccc12)C(=O)OC. The predicted molar refractivity (Wildman–Crippen MR) is 88.0 cm³/mol. The zero-order chi connectivity index (χ0) is 16.2. The number of ether oxygens (including phenoxy) is 2. The summed E-state index contributed by atoms with van der Waals surface area (Å²) in [6.45, 7) is 0. The molecule has 2 aromatic rings. The highest BCUT2D eigenvalue weighted by molar-refractivity contribution is 9.10. The summed E-state index contributed by atoms with van der Waals surface area (Å²) in [7, 11) is 2.60. The number of alkyl halides is 1. The highest BCUT2D eigenvalue weighted by atomic mass is 79.9. The Kier molecular flexibility index (Phi) is 5.19. The maximum Gasteiger partial charge on any atom is 0.323 e. The van der Waals surface area contributed by atoms with E-state index in [1.54, 1.807) is 0 Å². The Hall–Kier alpha value is -1.88. The molecule has 0 radical (unpaired) electrons. The van der Waals surface area contributed by atoms with Crippen molar-refractivity contribution >= 4 is 38.6 Å². The summed E-state index contributed by atoms with van der Waals surface area (Å²) in [5.74, 6) is -0.964. The van der Waals surface area contributed by atoms with E-state index in [0.717, 1.165) is 16.3 Å². The van der Waals surface area contributed by atoms with Gasteiger partial charge in [0.2, 0.25) is 0 Å². The largest absolute Gasteiger partial charge is 0.469 e. The standard InChI is InChI=1S/C17H17BrO4/c1-21-15(19)11-17(18,16(20)22-2)10-13-8-5-7-12-6-3-4-9-14(12)13/h3-9H,10-11H2,1-2H3. The second kappa shape index (κ2) is 6.92. The van der Waals surface area contributed by atoms with Crippen LogP contribution in [0.5, 0.6) is 0 Å². The number of esters is 2. The van der Waals surface area contributed by atoms with Crippen LogP contribution < -0.4 is 0 Å². The Morgan fingerprint density at radius 1 is 1.05 bits per heavy atom. The summed E-state index contributed by atoms with van der Waals surface area (Å²) >= 11 is 3.40. The average molecular weight is 365 g/mol. The number of hydrogen-bond acceptors (Lipinski definition) is 4. The first kappa shape index (κ1) is 16.5. The van der Waals surface area contributed by atoms with E-state index in [9.17, 15) is 9.59 Å². The summed E-state index contributed by atoms with van der Waals surface area (Å²) in [6, 6.07) is 13.8. The molecule has 1 unspecified atom stereocenters. The van der Waals surface area contributed by atoms with Gasteiger partial charge in [-0.2, -0.15) is 0 Å². The molecule has 2 aromatic carbocycles. The molecule has 22 heavy (non-hydrogen) atoms. The van der Waals surface area contributed by atoms with E-state index in [-0.39, 0.29) is 6.42 Å². The molecule has 0 spiro atoms. The highest BCUT2D eigenvalue weighted by Crippen LogP contribution is 2.32. The molecule has 0 amide bonds. The van der Waals surface area contributed by atoms with Crippen molar-refractivity contribution in [2.45, 2.75) is 17.2 Å². The van der Waals surface area contributed by atoms with Gasteiger partial charge >= 0.3 is 11.9 Å². The number of rotatable bonds is 5. The van der Waals surface area contributed by atoms with Crippen LogP contribution >= 0.6 is 15.9 Å². The lowest BCUT2D eigenvalue weighted by Gasteiger charge is -2.24. The van der Waals surface area contributed by atoms with E-state index < -0.39 is 16.3 Å². The lowest BCUT2D eigenvalue weighted by molar-refractivity contribution is -0.149. The Morgan fingerprint density at radius 2 is 1.73 bits per heavy atom. The molecule has 0 bridgehead atoms. The van der Waals surface area contributed by atoms with Gasteiger partial charge in [0.25, 0.3) is 0 Å². The maximum atomic E-state index is 12.1. The summed E-state index contributed by atoms with van der Waals surface area (Å²) in [5, 5.41) is 2.13. The molecular weight excluding hydrogens is 348 g/mol. The molecule has 4 nitrogen and oxygen atoms in total. The number of carbonyl (C=O) groups excluding carboxylic acids is 2. The van der Waals surface area contributed by atoms with Gasteiger partial charge in [-0.1, -0.05) is 58.4 Å². The first-order chi connectivity index (χ1) is 10.5. The van der Waals surface area contributed by atoms with Gasteiger partial charge in [-0.25, -0.2) is 0 Å². The van der Waals surface area contributed by atoms with Crippen molar-refractivity contribution in [1.82, 2.24) is 0 Å². The molecule has 0 aliphatic heterocycles. The Bertz CT molecular complexity index is 693. The molecule has 5 heteroatoms. The van der Waals surface area contributed by atoms with Crippen LogP contribution in [0.3, 0.4) is 0 Å². The maximum absolute atomic E-state index is 12.1. The molecule has 116 valence electrons. The van der Waals surface area contributed by atoms with Crippen LogP contribution in [0.2, 0.25) is 0 Å². The van der Waals surface area contributed by atoms with Crippen molar-refractivity contribution in [2.75, 3.05) is 14.2 Å². The van der Waals surface area contributed by atoms with Gasteiger partial charge in [0, 0.05) is 0 Å². The molecule has 0 aliphatic carbocycles. The van der Waals surface area contributed by atoms with Gasteiger partial charge in [0.1, 0.15) is 4.32 Å². The third kappa shape index (κ3) is 3.47. The summed E-state index contributed by atoms with van der Waals surface area (Å²) < 4.78 is 8.40. The van der Waals surface area contributed by atoms with Gasteiger partial charge in [-0.05, 0) is 22.8 Å². The van der Waals surface area contributed by atoms with Crippen molar-refractivity contribution in [3.05, 3.63) is 48.0 Å². The van der Waals surface area contributed by atoms with E-state index in [4.69, 9.17) is 4.74 Å². The molecule has 0 N–H and O–H groups in total. The average Bonchev–Trinajstić information content (AvgIpc) is 2.54. The lowest BCUT2D eigenvalue weighted by Crippen LogP contribution is -2.38. The third-order valence-corrected chi connectivity index (χ3v) is 4.44. The van der Waals surface area contributed by atoms with Crippen LogP contribution in [0, 0.1) is 0 Å². The zero-order valence-electron chi connectivity index (χ0n) is 12.5. The molecule has 2 rings (SSSR count). The monoisotopic (exact) mass is 364 g/mol. The van der Waals surface area contributed by atoms with Gasteiger partial charge in [-0.3, -0.25) is 9.59 Å².